The summed E-state index contributed by atoms with van der Waals surface area (Å²) in [4.78, 5) is 10.3. The van der Waals surface area contributed by atoms with Crippen LogP contribution in [0.25, 0.3) is 0 Å². The van der Waals surface area contributed by atoms with Crippen LogP contribution in [0.5, 0.6) is 0 Å². The van der Waals surface area contributed by atoms with Crippen LogP contribution in [0.1, 0.15) is 5.69 Å². The molecule has 0 amide bonds. The highest BCUT2D eigenvalue weighted by Crippen LogP contribution is 1.99. The molecule has 0 unspecified atom stereocenters. The van der Waals surface area contributed by atoms with Crippen LogP contribution in [0.3, 0.4) is 0 Å². The van der Waals surface area contributed by atoms with Crippen LogP contribution in [0.4, 0.5) is 4.39 Å². The van der Waals surface area contributed by atoms with Gasteiger partial charge in [0.25, 0.3) is 0 Å². The number of pyridine rings is 1. The first kappa shape index (κ1) is 13.1. The Balaban J connectivity index is 0.00000128. The first-order valence-corrected chi connectivity index (χ1v) is 4.85. The molecule has 0 saturated heterocycles. The number of aromatic nitrogens is 1. The maximum absolute atomic E-state index is 12.6. The minimum Gasteiger partial charge on any atom is -0.351 e. The quantitative estimate of drug-likeness (QED) is 0.826. The molecule has 1 aliphatic heterocycles. The van der Waals surface area contributed by atoms with Gasteiger partial charge in [-0.3, -0.25) is 9.98 Å². The molecule has 6 heteroatoms. The predicted molar refractivity (Wildman–Crippen MR) is 71.4 cm³/mol. The first-order valence-electron chi connectivity index (χ1n) is 4.85. The Morgan fingerprint density at radius 2 is 2.31 bits per heavy atom. The van der Waals surface area contributed by atoms with E-state index in [0.29, 0.717) is 6.54 Å². The van der Waals surface area contributed by atoms with Crippen molar-refractivity contribution in [3.05, 3.63) is 29.8 Å². The van der Waals surface area contributed by atoms with E-state index < -0.39 is 0 Å². The molecule has 0 spiro atoms. The van der Waals surface area contributed by atoms with Crippen LogP contribution in [0, 0.1) is 5.82 Å². The highest BCUT2D eigenvalue weighted by molar-refractivity contribution is 14.0. The molecule has 4 nitrogen and oxygen atoms in total. The van der Waals surface area contributed by atoms with Crippen LogP contribution in [-0.2, 0) is 6.54 Å². The summed E-state index contributed by atoms with van der Waals surface area (Å²) in [6, 6.07) is 3.07. The summed E-state index contributed by atoms with van der Waals surface area (Å²) >= 11 is 0. The number of hydrogen-bond acceptors (Lipinski definition) is 4. The number of nitrogens with one attached hydrogen (secondary N) is 1. The fourth-order valence-corrected chi connectivity index (χ4v) is 1.40. The molecule has 1 aromatic rings. The molecule has 0 fully saturated rings. The molecule has 0 radical (unpaired) electrons. The SMILES string of the molecule is CN1CCN=C1NCc1ccc(F)cn1.I. The molecule has 0 atom stereocenters. The molecule has 0 aromatic carbocycles. The molecule has 88 valence electrons. The number of rotatable bonds is 2. The third kappa shape index (κ3) is 3.29. The Kier molecular flexibility index (Phi) is 4.91. The van der Waals surface area contributed by atoms with Crippen molar-refractivity contribution in [2.24, 2.45) is 4.99 Å². The fraction of sp³-hybridized carbons (Fsp3) is 0.400. The normalized spacial score (nSPS) is 14.4. The van der Waals surface area contributed by atoms with Crippen LogP contribution in [0.2, 0.25) is 0 Å². The number of nitrogens with zero attached hydrogens (tertiary/aromatic N) is 3. The molecular formula is C10H14FIN4. The van der Waals surface area contributed by atoms with E-state index in [1.54, 1.807) is 6.07 Å². The molecule has 16 heavy (non-hydrogen) atoms. The van der Waals surface area contributed by atoms with Gasteiger partial charge in [0, 0.05) is 13.6 Å². The summed E-state index contributed by atoms with van der Waals surface area (Å²) in [5.74, 6) is 0.565. The van der Waals surface area contributed by atoms with Crippen molar-refractivity contribution >= 4 is 29.9 Å². The highest BCUT2D eigenvalue weighted by Gasteiger charge is 2.11. The molecule has 0 saturated carbocycles. The monoisotopic (exact) mass is 336 g/mol. The van der Waals surface area contributed by atoms with Crippen LogP contribution < -0.4 is 5.32 Å². The number of halogens is 2. The van der Waals surface area contributed by atoms with Gasteiger partial charge in [0.2, 0.25) is 0 Å². The molecule has 1 aliphatic rings. The highest BCUT2D eigenvalue weighted by atomic mass is 127. The maximum atomic E-state index is 12.6. The van der Waals surface area contributed by atoms with Crippen molar-refractivity contribution < 1.29 is 4.39 Å². The predicted octanol–water partition coefficient (Wildman–Crippen LogP) is 1.23. The summed E-state index contributed by atoms with van der Waals surface area (Å²) in [6.07, 6.45) is 1.22. The number of aliphatic imine (C=N–C) groups is 1. The van der Waals surface area contributed by atoms with Crippen molar-refractivity contribution in [3.8, 4) is 0 Å². The molecule has 1 aromatic heterocycles. The van der Waals surface area contributed by atoms with Crippen molar-refractivity contribution in [2.45, 2.75) is 6.54 Å². The van der Waals surface area contributed by atoms with Gasteiger partial charge in [-0.05, 0) is 12.1 Å². The molecule has 0 aliphatic carbocycles. The second-order valence-electron chi connectivity index (χ2n) is 3.45. The van der Waals surface area contributed by atoms with Crippen molar-refractivity contribution in [1.82, 2.24) is 15.2 Å². The second-order valence-corrected chi connectivity index (χ2v) is 3.45. The van der Waals surface area contributed by atoms with Gasteiger partial charge < -0.3 is 10.2 Å². The molecule has 1 N–H and O–H groups in total. The molecular weight excluding hydrogens is 322 g/mol. The standard InChI is InChI=1S/C10H13FN4.HI/c1-15-5-4-12-10(15)14-7-9-3-2-8(11)6-13-9;/h2-3,6H,4-5,7H2,1H3,(H,12,14);1H. The largest absolute Gasteiger partial charge is 0.351 e. The van der Waals surface area contributed by atoms with Crippen LogP contribution in [0.15, 0.2) is 23.3 Å². The van der Waals surface area contributed by atoms with Crippen molar-refractivity contribution in [1.29, 1.82) is 0 Å². The number of hydrogen-bond donors (Lipinski definition) is 1. The molecule has 0 bridgehead atoms. The molecule has 2 heterocycles. The zero-order valence-corrected chi connectivity index (χ0v) is 11.3. The first-order chi connectivity index (χ1) is 7.25. The minimum absolute atomic E-state index is 0. The third-order valence-corrected chi connectivity index (χ3v) is 2.27. The van der Waals surface area contributed by atoms with E-state index >= 15 is 0 Å². The van der Waals surface area contributed by atoms with Crippen molar-refractivity contribution in [2.75, 3.05) is 20.1 Å². The van der Waals surface area contributed by atoms with Gasteiger partial charge in [-0.15, -0.1) is 24.0 Å². The van der Waals surface area contributed by atoms with Gasteiger partial charge in [-0.1, -0.05) is 0 Å². The van der Waals surface area contributed by atoms with E-state index in [9.17, 15) is 4.39 Å². The van der Waals surface area contributed by atoms with Gasteiger partial charge in [0.15, 0.2) is 5.96 Å². The Labute approximate surface area is 111 Å². The summed E-state index contributed by atoms with van der Waals surface area (Å²) < 4.78 is 12.6. The number of likely N-dealkylation sites (N-methyl/N-ethyl adjacent to an activating group) is 1. The van der Waals surface area contributed by atoms with E-state index in [0.717, 1.165) is 24.7 Å². The van der Waals surface area contributed by atoms with Gasteiger partial charge >= 0.3 is 0 Å². The third-order valence-electron chi connectivity index (χ3n) is 2.27. The number of guanidine groups is 1. The van der Waals surface area contributed by atoms with E-state index in [1.807, 2.05) is 11.9 Å². The average molecular weight is 336 g/mol. The molecule has 2 rings (SSSR count). The smallest absolute Gasteiger partial charge is 0.194 e. The van der Waals surface area contributed by atoms with E-state index in [-0.39, 0.29) is 29.8 Å². The lowest BCUT2D eigenvalue weighted by atomic mass is 10.3. The van der Waals surface area contributed by atoms with E-state index in [1.165, 1.54) is 12.3 Å². The van der Waals surface area contributed by atoms with Crippen LogP contribution >= 0.6 is 24.0 Å². The van der Waals surface area contributed by atoms with Gasteiger partial charge in [-0.2, -0.15) is 0 Å². The topological polar surface area (TPSA) is 40.5 Å². The minimum atomic E-state index is -0.311. The Morgan fingerprint density at radius 3 is 2.88 bits per heavy atom. The van der Waals surface area contributed by atoms with Gasteiger partial charge in [0.1, 0.15) is 5.82 Å². The summed E-state index contributed by atoms with van der Waals surface area (Å²) in [5, 5.41) is 3.16. The zero-order valence-electron chi connectivity index (χ0n) is 8.98. The lowest BCUT2D eigenvalue weighted by Crippen LogP contribution is -2.35. The Morgan fingerprint density at radius 1 is 1.50 bits per heavy atom. The van der Waals surface area contributed by atoms with Gasteiger partial charge in [-0.25, -0.2) is 4.39 Å². The zero-order chi connectivity index (χ0) is 10.7. The Hall–Kier alpha value is -0.920. The summed E-state index contributed by atoms with van der Waals surface area (Å²) in [5.41, 5.74) is 0.805. The van der Waals surface area contributed by atoms with E-state index in [2.05, 4.69) is 15.3 Å². The lowest BCUT2D eigenvalue weighted by molar-refractivity contribution is 0.533. The van der Waals surface area contributed by atoms with Crippen molar-refractivity contribution in [3.63, 3.8) is 0 Å². The average Bonchev–Trinajstić information content (AvgIpc) is 2.63. The van der Waals surface area contributed by atoms with Crippen LogP contribution in [-0.4, -0.2) is 36.0 Å². The Bertz CT molecular complexity index is 366. The lowest BCUT2D eigenvalue weighted by Gasteiger charge is -2.14. The van der Waals surface area contributed by atoms with E-state index in [4.69, 9.17) is 0 Å². The maximum Gasteiger partial charge on any atom is 0.194 e. The fourth-order valence-electron chi connectivity index (χ4n) is 1.40. The van der Waals surface area contributed by atoms with Gasteiger partial charge in [0.05, 0.1) is 25.0 Å². The second kappa shape index (κ2) is 5.97. The summed E-state index contributed by atoms with van der Waals surface area (Å²) in [6.45, 7) is 2.35. The summed E-state index contributed by atoms with van der Waals surface area (Å²) in [7, 11) is 1.98.